The number of hydrogen-bond acceptors (Lipinski definition) is 6. The van der Waals surface area contributed by atoms with Crippen LogP contribution in [0.1, 0.15) is 81.6 Å². The number of aliphatic hydroxyl groups is 2. The van der Waals surface area contributed by atoms with E-state index in [4.69, 9.17) is 9.47 Å². The Balaban J connectivity index is 1.20. The third-order valence-electron chi connectivity index (χ3n) is 14.5. The molecule has 7 heteroatoms. The lowest BCUT2D eigenvalue weighted by Crippen LogP contribution is -2.67. The van der Waals surface area contributed by atoms with Gasteiger partial charge in [-0.2, -0.15) is 0 Å². The number of benzene rings is 3. The van der Waals surface area contributed by atoms with Crippen LogP contribution in [0.25, 0.3) is 10.8 Å². The van der Waals surface area contributed by atoms with Crippen LogP contribution in [0.2, 0.25) is 0 Å². The van der Waals surface area contributed by atoms with Crippen LogP contribution >= 0.6 is 0 Å². The molecule has 2 bridgehead atoms. The van der Waals surface area contributed by atoms with Gasteiger partial charge in [0.05, 0.1) is 32.0 Å². The summed E-state index contributed by atoms with van der Waals surface area (Å²) in [5, 5.41) is 26.2. The van der Waals surface area contributed by atoms with Gasteiger partial charge in [-0.1, -0.05) is 74.5 Å². The zero-order valence-electron chi connectivity index (χ0n) is 30.4. The Kier molecular flexibility index (Phi) is 8.08. The summed E-state index contributed by atoms with van der Waals surface area (Å²) in [5.41, 5.74) is -0.468. The van der Waals surface area contributed by atoms with Crippen LogP contribution < -0.4 is 4.74 Å². The van der Waals surface area contributed by atoms with Crippen molar-refractivity contribution < 1.29 is 29.3 Å². The van der Waals surface area contributed by atoms with Gasteiger partial charge < -0.3 is 24.6 Å². The minimum Gasteiger partial charge on any atom is -0.497 e. The summed E-state index contributed by atoms with van der Waals surface area (Å²) < 4.78 is 11.0. The second-order valence-electron chi connectivity index (χ2n) is 16.6. The van der Waals surface area contributed by atoms with E-state index in [1.54, 1.807) is 12.0 Å². The van der Waals surface area contributed by atoms with E-state index in [1.807, 2.05) is 55.5 Å². The standard InChI is InChI=1S/C44H51NO6/c1-5-51-39(48)45(27-31-11-8-10-29-9-6-7-12-34(29)31)28-43(49)22-19-37-41(43,3)21-18-36-40(2)20-17-32(46)25-42(40)23-24-44(36,37)35(26-42)38(47)30-13-15-33(50-4)16-14-30/h6-16,23-24,26,32,36-37,46,49H,5,17-22,25,27-28H2,1-4H3. The first-order valence-corrected chi connectivity index (χ1v) is 18.8. The summed E-state index contributed by atoms with van der Waals surface area (Å²) in [6.45, 7) is 7.13. The number of carbonyl (C=O) groups is 2. The van der Waals surface area contributed by atoms with Crippen LogP contribution in [-0.4, -0.2) is 59.0 Å². The van der Waals surface area contributed by atoms with Crippen molar-refractivity contribution in [3.8, 4) is 5.75 Å². The van der Waals surface area contributed by atoms with Crippen LogP contribution in [-0.2, 0) is 11.3 Å². The Morgan fingerprint density at radius 1 is 0.882 bits per heavy atom. The highest BCUT2D eigenvalue weighted by atomic mass is 16.6. The van der Waals surface area contributed by atoms with E-state index in [2.05, 4.69) is 50.3 Å². The molecule has 0 radical (unpaired) electrons. The molecular weight excluding hydrogens is 638 g/mol. The first-order valence-electron chi connectivity index (χ1n) is 18.8. The highest BCUT2D eigenvalue weighted by molar-refractivity contribution is 6.10. The van der Waals surface area contributed by atoms with E-state index in [1.165, 1.54) is 0 Å². The maximum absolute atomic E-state index is 14.9. The number of amides is 1. The highest BCUT2D eigenvalue weighted by Gasteiger charge is 2.74. The number of carbonyl (C=O) groups excluding carboxylic acids is 2. The molecule has 6 aliphatic rings. The molecule has 51 heavy (non-hydrogen) atoms. The molecule has 0 saturated heterocycles. The van der Waals surface area contributed by atoms with Crippen LogP contribution in [0.5, 0.6) is 5.75 Å². The third kappa shape index (κ3) is 4.83. The van der Waals surface area contributed by atoms with E-state index >= 15 is 0 Å². The Bertz CT molecular complexity index is 1930. The summed E-state index contributed by atoms with van der Waals surface area (Å²) in [5.74, 6) is 0.866. The Hall–Kier alpha value is -3.94. The van der Waals surface area contributed by atoms with Gasteiger partial charge in [-0.3, -0.25) is 4.79 Å². The summed E-state index contributed by atoms with van der Waals surface area (Å²) in [7, 11) is 1.62. The van der Waals surface area contributed by atoms with Gasteiger partial charge in [-0.15, -0.1) is 0 Å². The molecule has 7 nitrogen and oxygen atoms in total. The lowest BCUT2D eigenvalue weighted by atomic mass is 9.32. The number of rotatable bonds is 8. The number of hydrogen-bond donors (Lipinski definition) is 2. The van der Waals surface area contributed by atoms with Crippen molar-refractivity contribution in [1.29, 1.82) is 0 Å². The normalized spacial score (nSPS) is 36.1. The van der Waals surface area contributed by atoms with Crippen LogP contribution in [0, 0.1) is 33.5 Å². The molecule has 0 heterocycles. The van der Waals surface area contributed by atoms with Crippen LogP contribution in [0.4, 0.5) is 4.79 Å². The topological polar surface area (TPSA) is 96.3 Å². The molecule has 3 aromatic carbocycles. The summed E-state index contributed by atoms with van der Waals surface area (Å²) in [4.78, 5) is 30.3. The minimum atomic E-state index is -1.20. The maximum Gasteiger partial charge on any atom is 0.410 e. The van der Waals surface area contributed by atoms with E-state index < -0.39 is 34.0 Å². The fourth-order valence-corrected chi connectivity index (χ4v) is 11.8. The summed E-state index contributed by atoms with van der Waals surface area (Å²) >= 11 is 0. The lowest BCUT2D eigenvalue weighted by Gasteiger charge is -2.71. The van der Waals surface area contributed by atoms with Crippen molar-refractivity contribution in [3.63, 3.8) is 0 Å². The minimum absolute atomic E-state index is 0.0114. The summed E-state index contributed by atoms with van der Waals surface area (Å²) in [6.07, 6.45) is 11.2. The van der Waals surface area contributed by atoms with E-state index in [0.29, 0.717) is 30.7 Å². The van der Waals surface area contributed by atoms with Gasteiger partial charge in [0.25, 0.3) is 0 Å². The van der Waals surface area contributed by atoms with Gasteiger partial charge in [-0.25, -0.2) is 4.79 Å². The number of ether oxygens (including phenoxy) is 2. The van der Waals surface area contributed by atoms with Crippen molar-refractivity contribution in [1.82, 2.24) is 4.90 Å². The molecule has 3 saturated carbocycles. The van der Waals surface area contributed by atoms with Gasteiger partial charge in [-0.05, 0) is 110 Å². The predicted octanol–water partition coefficient (Wildman–Crippen LogP) is 8.28. The number of allylic oxidation sites excluding steroid dienone is 4. The van der Waals surface area contributed by atoms with Crippen molar-refractivity contribution in [2.75, 3.05) is 20.3 Å². The van der Waals surface area contributed by atoms with E-state index in [0.717, 1.165) is 54.0 Å². The van der Waals surface area contributed by atoms with E-state index in [9.17, 15) is 19.8 Å². The van der Waals surface area contributed by atoms with Gasteiger partial charge in [0.2, 0.25) is 0 Å². The molecule has 9 rings (SSSR count). The molecule has 268 valence electrons. The highest BCUT2D eigenvalue weighted by Crippen LogP contribution is 2.78. The molecule has 0 aliphatic heterocycles. The molecule has 8 atom stereocenters. The average molecular weight is 690 g/mol. The van der Waals surface area contributed by atoms with Crippen molar-refractivity contribution in [2.45, 2.75) is 84.0 Å². The van der Waals surface area contributed by atoms with Crippen molar-refractivity contribution >= 4 is 22.6 Å². The predicted molar refractivity (Wildman–Crippen MR) is 197 cm³/mol. The summed E-state index contributed by atoms with van der Waals surface area (Å²) in [6, 6.07) is 21.7. The number of methoxy groups -OCH3 is 1. The van der Waals surface area contributed by atoms with Gasteiger partial charge in [0, 0.05) is 33.9 Å². The molecule has 8 unspecified atom stereocenters. The SMILES string of the molecule is CCOC(=O)N(Cc1cccc2ccccc12)CC1(O)CCC2C34C=CC5(C=C3C(=O)c3ccc(OC)cc3)CC(O)CCC5(C)C4CCC21C. The molecule has 2 N–H and O–H groups in total. The molecule has 3 aromatic rings. The van der Waals surface area contributed by atoms with Crippen molar-refractivity contribution in [2.24, 2.45) is 33.5 Å². The monoisotopic (exact) mass is 689 g/mol. The van der Waals surface area contributed by atoms with Crippen LogP contribution in [0.3, 0.4) is 0 Å². The lowest BCUT2D eigenvalue weighted by molar-refractivity contribution is -0.175. The zero-order valence-corrected chi connectivity index (χ0v) is 30.4. The average Bonchev–Trinajstić information content (AvgIpc) is 3.41. The number of aliphatic hydroxyl groups excluding tert-OH is 1. The first-order chi connectivity index (χ1) is 24.4. The van der Waals surface area contributed by atoms with Crippen molar-refractivity contribution in [3.05, 3.63) is 102 Å². The fourth-order valence-electron chi connectivity index (χ4n) is 11.8. The van der Waals surface area contributed by atoms with Gasteiger partial charge >= 0.3 is 6.09 Å². The smallest absolute Gasteiger partial charge is 0.410 e. The second kappa shape index (κ2) is 12.1. The van der Waals surface area contributed by atoms with E-state index in [-0.39, 0.29) is 36.2 Å². The fraction of sp³-hybridized carbons (Fsp3) is 0.500. The van der Waals surface area contributed by atoms with Crippen LogP contribution in [0.15, 0.2) is 90.5 Å². The van der Waals surface area contributed by atoms with Gasteiger partial charge in [0.1, 0.15) is 5.75 Å². The maximum atomic E-state index is 14.9. The zero-order chi connectivity index (χ0) is 35.8. The molecule has 0 aromatic heterocycles. The molecule has 2 spiro atoms. The second-order valence-corrected chi connectivity index (χ2v) is 16.6. The molecule has 6 aliphatic carbocycles. The number of nitrogens with zero attached hydrogens (tertiary/aromatic N) is 1. The number of fused-ring (bicyclic) bond motifs is 2. The first kappa shape index (κ1) is 34.2. The number of Topliss-reactive ketones (excluding diaryl/α,β-unsaturated/α-hetero) is 1. The molecule has 3 fully saturated rings. The number of ketones is 1. The van der Waals surface area contributed by atoms with Gasteiger partial charge in [0.15, 0.2) is 5.78 Å². The third-order valence-corrected chi connectivity index (χ3v) is 14.5. The largest absolute Gasteiger partial charge is 0.497 e. The Labute approximate surface area is 301 Å². The Morgan fingerprint density at radius 2 is 1.59 bits per heavy atom. The molecular formula is C44H51NO6. The molecule has 1 amide bonds. The quantitative estimate of drug-likeness (QED) is 0.183. The Morgan fingerprint density at radius 3 is 2.35 bits per heavy atom.